The highest BCUT2D eigenvalue weighted by Crippen LogP contribution is 2.48. The third-order valence-corrected chi connectivity index (χ3v) is 4.38. The first kappa shape index (κ1) is 16.5. The second-order valence-electron chi connectivity index (χ2n) is 5.97. The molecule has 2 aromatic carbocycles. The molecule has 2 aliphatic rings. The molecule has 9 nitrogen and oxygen atoms in total. The van der Waals surface area contributed by atoms with E-state index in [0.29, 0.717) is 11.1 Å². The molecule has 2 aromatic rings. The molecule has 0 spiro atoms. The summed E-state index contributed by atoms with van der Waals surface area (Å²) in [7, 11) is 0. The fourth-order valence-electron chi connectivity index (χ4n) is 3.25. The lowest BCUT2D eigenvalue weighted by Gasteiger charge is -2.27. The van der Waals surface area contributed by atoms with Gasteiger partial charge in [0.25, 0.3) is 0 Å². The topological polar surface area (TPSA) is 141 Å². The minimum Gasteiger partial charge on any atom is -0.508 e. The summed E-state index contributed by atoms with van der Waals surface area (Å²) in [5.74, 6) is -0.313. The van der Waals surface area contributed by atoms with Crippen LogP contribution in [0.3, 0.4) is 0 Å². The average Bonchev–Trinajstić information content (AvgIpc) is 2.65. The number of nitro groups is 1. The molecule has 0 aliphatic carbocycles. The Morgan fingerprint density at radius 1 is 1.22 bits per heavy atom. The van der Waals surface area contributed by atoms with Gasteiger partial charge in [0.1, 0.15) is 36.4 Å². The van der Waals surface area contributed by atoms with E-state index in [2.05, 4.69) is 0 Å². The Bertz CT molecular complexity index is 1040. The summed E-state index contributed by atoms with van der Waals surface area (Å²) in [6.07, 6.45) is 0. The first-order chi connectivity index (χ1) is 13.0. The second kappa shape index (κ2) is 6.10. The zero-order valence-corrected chi connectivity index (χ0v) is 13.8. The quantitative estimate of drug-likeness (QED) is 0.608. The van der Waals surface area contributed by atoms with E-state index in [9.17, 15) is 20.5 Å². The number of nitriles is 1. The average molecular weight is 367 g/mol. The summed E-state index contributed by atoms with van der Waals surface area (Å²) in [5.41, 5.74) is 6.71. The van der Waals surface area contributed by atoms with E-state index < -0.39 is 10.8 Å². The van der Waals surface area contributed by atoms with E-state index >= 15 is 0 Å². The minimum atomic E-state index is -0.714. The SMILES string of the molecule is N#CC1=C(N)Oc2cc(O)ccc2[C@@H]1c1cc2c(c([N+](=O)[O-])c1)OCCO2. The lowest BCUT2D eigenvalue weighted by molar-refractivity contribution is -0.386. The van der Waals surface area contributed by atoms with Gasteiger partial charge in [-0.1, -0.05) is 6.07 Å². The van der Waals surface area contributed by atoms with Crippen LogP contribution < -0.4 is 19.9 Å². The molecular weight excluding hydrogens is 354 g/mol. The molecule has 0 fully saturated rings. The molecule has 0 saturated heterocycles. The van der Waals surface area contributed by atoms with Gasteiger partial charge in [0, 0.05) is 17.7 Å². The molecule has 0 aromatic heterocycles. The molecule has 136 valence electrons. The molecule has 3 N–H and O–H groups in total. The van der Waals surface area contributed by atoms with Gasteiger partial charge in [-0.05, 0) is 17.7 Å². The summed E-state index contributed by atoms with van der Waals surface area (Å²) < 4.78 is 16.4. The lowest BCUT2D eigenvalue weighted by atomic mass is 9.83. The summed E-state index contributed by atoms with van der Waals surface area (Å²) in [5, 5.41) is 30.8. The number of nitrogens with zero attached hydrogens (tertiary/aromatic N) is 2. The standard InChI is InChI=1S/C18H13N3O6/c19-8-12-16(11-2-1-10(22)7-14(11)27-18(12)20)9-5-13(21(23)24)17-15(6-9)25-3-4-26-17/h1-2,5-7,16,22H,3-4,20H2/t16-/m0/s1. The van der Waals surface area contributed by atoms with Gasteiger partial charge in [0.05, 0.1) is 10.8 Å². The van der Waals surface area contributed by atoms with Crippen LogP contribution in [0.4, 0.5) is 5.69 Å². The van der Waals surface area contributed by atoms with Crippen LogP contribution in [-0.4, -0.2) is 23.2 Å². The van der Waals surface area contributed by atoms with E-state index in [0.717, 1.165) is 0 Å². The maximum Gasteiger partial charge on any atom is 0.315 e. The van der Waals surface area contributed by atoms with Crippen LogP contribution >= 0.6 is 0 Å². The van der Waals surface area contributed by atoms with Gasteiger partial charge in [-0.25, -0.2) is 0 Å². The fraction of sp³-hybridized carbons (Fsp3) is 0.167. The van der Waals surface area contributed by atoms with Crippen molar-refractivity contribution in [1.29, 1.82) is 5.26 Å². The summed E-state index contributed by atoms with van der Waals surface area (Å²) in [4.78, 5) is 11.0. The highest BCUT2D eigenvalue weighted by Gasteiger charge is 2.34. The molecule has 27 heavy (non-hydrogen) atoms. The number of aromatic hydroxyl groups is 1. The van der Waals surface area contributed by atoms with E-state index in [1.54, 1.807) is 12.1 Å². The Labute approximate surface area is 152 Å². The molecule has 2 heterocycles. The van der Waals surface area contributed by atoms with Crippen molar-refractivity contribution in [2.45, 2.75) is 5.92 Å². The Kier molecular flexibility index (Phi) is 3.74. The fourth-order valence-corrected chi connectivity index (χ4v) is 3.25. The maximum atomic E-state index is 11.5. The predicted octanol–water partition coefficient (Wildman–Crippen LogP) is 2.29. The predicted molar refractivity (Wildman–Crippen MR) is 91.5 cm³/mol. The normalized spacial score (nSPS) is 17.5. The molecule has 0 saturated carbocycles. The Balaban J connectivity index is 1.96. The van der Waals surface area contributed by atoms with Crippen molar-refractivity contribution in [2.24, 2.45) is 5.73 Å². The first-order valence-corrected chi connectivity index (χ1v) is 7.98. The smallest absolute Gasteiger partial charge is 0.315 e. The van der Waals surface area contributed by atoms with Crippen molar-refractivity contribution in [3.8, 4) is 29.1 Å². The molecule has 0 unspecified atom stereocenters. The summed E-state index contributed by atoms with van der Waals surface area (Å²) in [6.45, 7) is 0.470. The highest BCUT2D eigenvalue weighted by atomic mass is 16.6. The van der Waals surface area contributed by atoms with Crippen molar-refractivity contribution in [3.63, 3.8) is 0 Å². The lowest BCUT2D eigenvalue weighted by Crippen LogP contribution is -2.22. The first-order valence-electron chi connectivity index (χ1n) is 7.98. The monoisotopic (exact) mass is 367 g/mol. The third kappa shape index (κ3) is 2.64. The maximum absolute atomic E-state index is 11.5. The van der Waals surface area contributed by atoms with E-state index in [-0.39, 0.29) is 53.4 Å². The number of hydrogen-bond donors (Lipinski definition) is 2. The van der Waals surface area contributed by atoms with Gasteiger partial charge < -0.3 is 25.1 Å². The number of phenols is 1. The summed E-state index contributed by atoms with van der Waals surface area (Å²) in [6, 6.07) is 9.34. The van der Waals surface area contributed by atoms with E-state index in [4.69, 9.17) is 19.9 Å². The minimum absolute atomic E-state index is 0.0335. The van der Waals surface area contributed by atoms with Gasteiger partial charge in [-0.2, -0.15) is 5.26 Å². The Hall–Kier alpha value is -3.93. The molecular formula is C18H13N3O6. The molecule has 2 aliphatic heterocycles. The number of nitrogens with two attached hydrogens (primary N) is 1. The van der Waals surface area contributed by atoms with Crippen LogP contribution in [0.5, 0.6) is 23.0 Å². The zero-order valence-electron chi connectivity index (χ0n) is 13.8. The zero-order chi connectivity index (χ0) is 19.1. The Morgan fingerprint density at radius 2 is 2.00 bits per heavy atom. The molecule has 4 rings (SSSR count). The number of ether oxygens (including phenoxy) is 3. The molecule has 9 heteroatoms. The number of rotatable bonds is 2. The molecule has 0 bridgehead atoms. The number of allylic oxidation sites excluding steroid dienone is 1. The van der Waals surface area contributed by atoms with Crippen molar-refractivity contribution < 1.29 is 24.2 Å². The van der Waals surface area contributed by atoms with E-state index in [1.165, 1.54) is 18.2 Å². The number of phenolic OH excluding ortho intramolecular Hbond substituents is 1. The van der Waals surface area contributed by atoms with Crippen LogP contribution in [0.1, 0.15) is 17.0 Å². The van der Waals surface area contributed by atoms with Crippen LogP contribution in [0, 0.1) is 21.4 Å². The number of hydrogen-bond acceptors (Lipinski definition) is 8. The molecule has 1 atom stereocenters. The molecule has 0 radical (unpaired) electrons. The van der Waals surface area contributed by atoms with Gasteiger partial charge in [-0.15, -0.1) is 0 Å². The largest absolute Gasteiger partial charge is 0.508 e. The number of nitro benzene ring substituents is 1. The van der Waals surface area contributed by atoms with Gasteiger partial charge >= 0.3 is 5.69 Å². The van der Waals surface area contributed by atoms with Gasteiger partial charge in [0.2, 0.25) is 11.6 Å². The van der Waals surface area contributed by atoms with Crippen LogP contribution in [0.2, 0.25) is 0 Å². The van der Waals surface area contributed by atoms with Crippen molar-refractivity contribution in [2.75, 3.05) is 13.2 Å². The van der Waals surface area contributed by atoms with Crippen molar-refractivity contribution in [3.05, 3.63) is 63.0 Å². The number of benzene rings is 2. The van der Waals surface area contributed by atoms with Crippen LogP contribution in [0.25, 0.3) is 0 Å². The van der Waals surface area contributed by atoms with Crippen LogP contribution in [0.15, 0.2) is 41.8 Å². The van der Waals surface area contributed by atoms with Crippen molar-refractivity contribution in [1.82, 2.24) is 0 Å². The molecule has 0 amide bonds. The van der Waals surface area contributed by atoms with Crippen molar-refractivity contribution >= 4 is 5.69 Å². The van der Waals surface area contributed by atoms with Gasteiger partial charge in [-0.3, -0.25) is 10.1 Å². The summed E-state index contributed by atoms with van der Waals surface area (Å²) >= 11 is 0. The second-order valence-corrected chi connectivity index (χ2v) is 5.97. The highest BCUT2D eigenvalue weighted by molar-refractivity contribution is 5.64. The van der Waals surface area contributed by atoms with Gasteiger partial charge in [0.15, 0.2) is 5.75 Å². The number of fused-ring (bicyclic) bond motifs is 2. The third-order valence-electron chi connectivity index (χ3n) is 4.38. The van der Waals surface area contributed by atoms with Crippen LogP contribution in [-0.2, 0) is 0 Å². The van der Waals surface area contributed by atoms with E-state index in [1.807, 2.05) is 6.07 Å². The Morgan fingerprint density at radius 3 is 2.74 bits per heavy atom.